The molecule has 1 atom stereocenters. The lowest BCUT2D eigenvalue weighted by atomic mass is 9.88. The number of nitrogens with one attached hydrogen (secondary N) is 1. The molecular weight excluding hydrogens is 210 g/mol. The number of hydrogen-bond acceptors (Lipinski definition) is 2. The van der Waals surface area contributed by atoms with Gasteiger partial charge in [-0.05, 0) is 23.5 Å². The predicted molar refractivity (Wildman–Crippen MR) is 72.9 cm³/mol. The summed E-state index contributed by atoms with van der Waals surface area (Å²) in [7, 11) is 1.73. The maximum Gasteiger partial charge on any atom is 0.0713 e. The van der Waals surface area contributed by atoms with Gasteiger partial charge in [-0.15, -0.1) is 0 Å². The normalized spacial score (nSPS) is 13.7. The second-order valence-corrected chi connectivity index (χ2v) is 5.72. The summed E-state index contributed by atoms with van der Waals surface area (Å²) in [6.07, 6.45) is 0. The zero-order valence-electron chi connectivity index (χ0n) is 11.7. The van der Waals surface area contributed by atoms with Crippen molar-refractivity contribution in [1.82, 2.24) is 5.32 Å². The van der Waals surface area contributed by atoms with Crippen molar-refractivity contribution in [3.63, 3.8) is 0 Å². The van der Waals surface area contributed by atoms with Gasteiger partial charge >= 0.3 is 0 Å². The molecule has 1 aromatic rings. The summed E-state index contributed by atoms with van der Waals surface area (Å²) in [5.74, 6) is 0. The zero-order chi connectivity index (χ0) is 12.9. The standard InChI is InChI=1S/C15H25NO/c1-12(15(2,3)4)16-10-13-7-6-8-14(9-13)11-17-5/h6-9,12,16H,10-11H2,1-5H3. The number of ether oxygens (including phenoxy) is 1. The first-order valence-corrected chi connectivity index (χ1v) is 6.23. The van der Waals surface area contributed by atoms with Crippen molar-refractivity contribution in [2.24, 2.45) is 5.41 Å². The average Bonchev–Trinajstić information content (AvgIpc) is 2.25. The van der Waals surface area contributed by atoms with Gasteiger partial charge in [0.05, 0.1) is 6.61 Å². The molecule has 1 aromatic carbocycles. The highest BCUT2D eigenvalue weighted by atomic mass is 16.5. The molecule has 2 heteroatoms. The molecule has 0 aliphatic heterocycles. The van der Waals surface area contributed by atoms with E-state index in [0.29, 0.717) is 18.1 Å². The van der Waals surface area contributed by atoms with Gasteiger partial charge in [-0.2, -0.15) is 0 Å². The Bertz CT molecular complexity index is 341. The van der Waals surface area contributed by atoms with Crippen LogP contribution >= 0.6 is 0 Å². The van der Waals surface area contributed by atoms with E-state index in [9.17, 15) is 0 Å². The molecule has 17 heavy (non-hydrogen) atoms. The summed E-state index contributed by atoms with van der Waals surface area (Å²) in [4.78, 5) is 0. The van der Waals surface area contributed by atoms with Gasteiger partial charge in [-0.1, -0.05) is 45.0 Å². The van der Waals surface area contributed by atoms with Crippen molar-refractivity contribution in [2.45, 2.75) is 46.9 Å². The van der Waals surface area contributed by atoms with Gasteiger partial charge in [0.15, 0.2) is 0 Å². The van der Waals surface area contributed by atoms with E-state index in [1.807, 2.05) is 0 Å². The van der Waals surface area contributed by atoms with E-state index < -0.39 is 0 Å². The first kappa shape index (κ1) is 14.2. The molecule has 1 N–H and O–H groups in total. The quantitative estimate of drug-likeness (QED) is 0.845. The zero-order valence-corrected chi connectivity index (χ0v) is 11.7. The third kappa shape index (κ3) is 4.88. The lowest BCUT2D eigenvalue weighted by Crippen LogP contribution is -2.37. The second-order valence-electron chi connectivity index (χ2n) is 5.72. The number of rotatable bonds is 5. The first-order valence-electron chi connectivity index (χ1n) is 6.23. The third-order valence-corrected chi connectivity index (χ3v) is 3.21. The van der Waals surface area contributed by atoms with Gasteiger partial charge < -0.3 is 10.1 Å². The lowest BCUT2D eigenvalue weighted by molar-refractivity contribution is 0.185. The molecule has 2 nitrogen and oxygen atoms in total. The van der Waals surface area contributed by atoms with E-state index in [1.165, 1.54) is 11.1 Å². The Labute approximate surface area is 105 Å². The molecule has 0 saturated carbocycles. The van der Waals surface area contributed by atoms with E-state index in [4.69, 9.17) is 4.74 Å². The SMILES string of the molecule is COCc1cccc(CNC(C)C(C)(C)C)c1. The fourth-order valence-corrected chi connectivity index (χ4v) is 1.57. The largest absolute Gasteiger partial charge is 0.380 e. The highest BCUT2D eigenvalue weighted by molar-refractivity contribution is 5.22. The van der Waals surface area contributed by atoms with Crippen molar-refractivity contribution in [3.05, 3.63) is 35.4 Å². The van der Waals surface area contributed by atoms with E-state index >= 15 is 0 Å². The van der Waals surface area contributed by atoms with Crippen LogP contribution in [-0.4, -0.2) is 13.2 Å². The maximum atomic E-state index is 5.14. The number of hydrogen-bond donors (Lipinski definition) is 1. The number of methoxy groups -OCH3 is 1. The smallest absolute Gasteiger partial charge is 0.0713 e. The van der Waals surface area contributed by atoms with Crippen LogP contribution < -0.4 is 5.32 Å². The topological polar surface area (TPSA) is 21.3 Å². The Morgan fingerprint density at radius 3 is 2.47 bits per heavy atom. The summed E-state index contributed by atoms with van der Waals surface area (Å²) in [5, 5.41) is 3.57. The predicted octanol–water partition coefficient (Wildman–Crippen LogP) is 3.36. The minimum atomic E-state index is 0.296. The molecule has 0 spiro atoms. The minimum Gasteiger partial charge on any atom is -0.380 e. The van der Waals surface area contributed by atoms with Gasteiger partial charge in [0.2, 0.25) is 0 Å². The third-order valence-electron chi connectivity index (χ3n) is 3.21. The van der Waals surface area contributed by atoms with Crippen molar-refractivity contribution in [3.8, 4) is 0 Å². The van der Waals surface area contributed by atoms with Crippen LogP contribution in [0.25, 0.3) is 0 Å². The lowest BCUT2D eigenvalue weighted by Gasteiger charge is -2.28. The van der Waals surface area contributed by atoms with E-state index in [-0.39, 0.29) is 0 Å². The number of benzene rings is 1. The summed E-state index contributed by atoms with van der Waals surface area (Å²) >= 11 is 0. The van der Waals surface area contributed by atoms with Gasteiger partial charge in [0, 0.05) is 19.7 Å². The van der Waals surface area contributed by atoms with Gasteiger partial charge in [0.1, 0.15) is 0 Å². The van der Waals surface area contributed by atoms with Crippen LogP contribution in [0.3, 0.4) is 0 Å². The molecule has 0 aliphatic rings. The van der Waals surface area contributed by atoms with Gasteiger partial charge in [-0.25, -0.2) is 0 Å². The first-order chi connectivity index (χ1) is 7.93. The van der Waals surface area contributed by atoms with Crippen LogP contribution in [0.2, 0.25) is 0 Å². The van der Waals surface area contributed by atoms with Crippen molar-refractivity contribution < 1.29 is 4.74 Å². The van der Waals surface area contributed by atoms with Crippen LogP contribution in [0.5, 0.6) is 0 Å². The van der Waals surface area contributed by atoms with E-state index in [1.54, 1.807) is 7.11 Å². The van der Waals surface area contributed by atoms with Gasteiger partial charge in [0.25, 0.3) is 0 Å². The second kappa shape index (κ2) is 6.18. The van der Waals surface area contributed by atoms with E-state index in [0.717, 1.165) is 6.54 Å². The van der Waals surface area contributed by atoms with E-state index in [2.05, 4.69) is 57.3 Å². The summed E-state index contributed by atoms with van der Waals surface area (Å²) in [6, 6.07) is 9.04. The minimum absolute atomic E-state index is 0.296. The molecule has 1 rings (SSSR count). The monoisotopic (exact) mass is 235 g/mol. The molecule has 0 amide bonds. The Balaban J connectivity index is 2.54. The Kier molecular flexibility index (Phi) is 5.16. The van der Waals surface area contributed by atoms with Crippen LogP contribution in [0.1, 0.15) is 38.8 Å². The molecule has 0 saturated heterocycles. The fourth-order valence-electron chi connectivity index (χ4n) is 1.57. The molecule has 0 heterocycles. The summed E-state index contributed by atoms with van der Waals surface area (Å²) < 4.78 is 5.14. The van der Waals surface area contributed by atoms with Crippen LogP contribution in [0.15, 0.2) is 24.3 Å². The highest BCUT2D eigenvalue weighted by Crippen LogP contribution is 2.19. The summed E-state index contributed by atoms with van der Waals surface area (Å²) in [6.45, 7) is 10.6. The highest BCUT2D eigenvalue weighted by Gasteiger charge is 2.18. The molecule has 0 aliphatic carbocycles. The van der Waals surface area contributed by atoms with Crippen molar-refractivity contribution >= 4 is 0 Å². The van der Waals surface area contributed by atoms with Crippen LogP contribution in [0, 0.1) is 5.41 Å². The molecule has 0 fully saturated rings. The maximum absolute atomic E-state index is 5.14. The van der Waals surface area contributed by atoms with Crippen molar-refractivity contribution in [2.75, 3.05) is 7.11 Å². The molecule has 0 bridgehead atoms. The fraction of sp³-hybridized carbons (Fsp3) is 0.600. The Morgan fingerprint density at radius 1 is 1.24 bits per heavy atom. The van der Waals surface area contributed by atoms with Gasteiger partial charge in [-0.3, -0.25) is 0 Å². The molecule has 1 unspecified atom stereocenters. The molecule has 0 radical (unpaired) electrons. The molecule has 96 valence electrons. The van der Waals surface area contributed by atoms with Crippen molar-refractivity contribution in [1.29, 1.82) is 0 Å². The molecular formula is C15H25NO. The van der Waals surface area contributed by atoms with Crippen LogP contribution in [0.4, 0.5) is 0 Å². The van der Waals surface area contributed by atoms with Crippen LogP contribution in [-0.2, 0) is 17.9 Å². The average molecular weight is 235 g/mol. The summed E-state index contributed by atoms with van der Waals surface area (Å²) in [5.41, 5.74) is 2.84. The Hall–Kier alpha value is -0.860. The Morgan fingerprint density at radius 2 is 1.88 bits per heavy atom. The molecule has 0 aromatic heterocycles.